The van der Waals surface area contributed by atoms with Gasteiger partial charge in [0.25, 0.3) is 0 Å². The molecule has 0 aliphatic carbocycles. The number of benzene rings is 4. The van der Waals surface area contributed by atoms with E-state index in [-0.39, 0.29) is 11.8 Å². The quantitative estimate of drug-likeness (QED) is 0.351. The standard InChI is InChI=1S/C28H16B2Cl2N4O2/c29-37-27-22-14-20(32)10-12-26(22)34-16-18-6-2-4-8-24(18)36-28(38-30)21-13-19(31)9-11-25(21)33-15-17-5-1-3-7-23(17)35-27/h1-16H. The molecule has 0 N–H and O–H groups in total. The third-order valence-electron chi connectivity index (χ3n) is 5.60. The van der Waals surface area contributed by atoms with Crippen molar-refractivity contribution in [2.45, 2.75) is 0 Å². The molecule has 180 valence electrons. The molecular weight excluding hydrogens is 517 g/mol. The fourth-order valence-corrected chi connectivity index (χ4v) is 4.12. The van der Waals surface area contributed by atoms with E-state index < -0.39 is 0 Å². The number of halogens is 2. The molecule has 0 saturated carbocycles. The van der Waals surface area contributed by atoms with E-state index in [0.717, 1.165) is 0 Å². The number of para-hydroxylation sites is 2. The number of hydrogen-bond donors (Lipinski definition) is 0. The molecule has 4 radical (unpaired) electrons. The topological polar surface area (TPSA) is 67.9 Å². The predicted octanol–water partition coefficient (Wildman–Crippen LogP) is 0.394. The highest BCUT2D eigenvalue weighted by molar-refractivity contribution is 6.30. The maximum Gasteiger partial charge on any atom is 0.376 e. The summed E-state index contributed by atoms with van der Waals surface area (Å²) >= 11 is 12.6. The van der Waals surface area contributed by atoms with Crippen LogP contribution in [0.15, 0.2) is 105 Å². The van der Waals surface area contributed by atoms with E-state index in [9.17, 15) is 0 Å². The van der Waals surface area contributed by atoms with E-state index in [1.807, 2.05) is 48.5 Å². The summed E-state index contributed by atoms with van der Waals surface area (Å²) in [4.78, 5) is 18.7. The first kappa shape index (κ1) is 25.5. The van der Waals surface area contributed by atoms with Gasteiger partial charge in [-0.15, -0.1) is 0 Å². The highest BCUT2D eigenvalue weighted by atomic mass is 35.5. The van der Waals surface area contributed by atoms with Crippen molar-refractivity contribution in [3.63, 3.8) is 0 Å². The van der Waals surface area contributed by atoms with Crippen molar-refractivity contribution in [2.75, 3.05) is 0 Å². The van der Waals surface area contributed by atoms with Gasteiger partial charge in [0, 0.05) is 32.9 Å². The number of fused-ring (bicyclic) bond motifs is 4. The molecule has 10 heteroatoms. The SMILES string of the molecule is [B]OC1=c2cc(Cl)ccc2=NC=c2ccccc2=NC(O[B])=c2cc(Cl)ccc2=NC=c2ccccc2=N1. The molecule has 0 fully saturated rings. The van der Waals surface area contributed by atoms with Crippen LogP contribution in [0.1, 0.15) is 0 Å². The van der Waals surface area contributed by atoms with Crippen LogP contribution in [0, 0.1) is 0 Å². The van der Waals surface area contributed by atoms with E-state index >= 15 is 0 Å². The van der Waals surface area contributed by atoms with E-state index in [4.69, 9.17) is 48.6 Å². The second kappa shape index (κ2) is 11.5. The molecular formula is C28H16B2Cl2N4O2. The minimum Gasteiger partial charge on any atom is -0.554 e. The van der Waals surface area contributed by atoms with Crippen LogP contribution in [-0.2, 0) is 9.31 Å². The van der Waals surface area contributed by atoms with Crippen LogP contribution < -0.4 is 42.3 Å². The summed E-state index contributed by atoms with van der Waals surface area (Å²) in [7, 11) is 11.4. The van der Waals surface area contributed by atoms with Crippen molar-refractivity contribution in [1.29, 1.82) is 0 Å². The average Bonchev–Trinajstić information content (AvgIpc) is 2.94. The van der Waals surface area contributed by atoms with Gasteiger partial charge in [-0.1, -0.05) is 59.6 Å². The fraction of sp³-hybridized carbons (Fsp3) is 0. The van der Waals surface area contributed by atoms with Crippen LogP contribution in [0.4, 0.5) is 0 Å². The molecule has 0 aromatic heterocycles. The molecule has 0 saturated heterocycles. The van der Waals surface area contributed by atoms with Gasteiger partial charge in [-0.05, 0) is 48.5 Å². The molecule has 4 aromatic rings. The van der Waals surface area contributed by atoms with Crippen molar-refractivity contribution >= 4 is 63.5 Å². The molecule has 0 atom stereocenters. The maximum absolute atomic E-state index is 6.31. The smallest absolute Gasteiger partial charge is 0.376 e. The Bertz CT molecular complexity index is 1900. The zero-order valence-corrected chi connectivity index (χ0v) is 21.3. The summed E-state index contributed by atoms with van der Waals surface area (Å²) < 4.78 is 10.4. The Morgan fingerprint density at radius 3 is 1.37 bits per heavy atom. The average molecular weight is 533 g/mol. The Morgan fingerprint density at radius 2 is 0.947 bits per heavy atom. The molecule has 1 aliphatic rings. The van der Waals surface area contributed by atoms with Crippen LogP contribution in [0.2, 0.25) is 10.0 Å². The lowest BCUT2D eigenvalue weighted by molar-refractivity contribution is 0.548. The number of rotatable bonds is 2. The molecule has 6 nitrogen and oxygen atoms in total. The van der Waals surface area contributed by atoms with E-state index in [0.29, 0.717) is 52.3 Å². The van der Waals surface area contributed by atoms with Gasteiger partial charge in [0.05, 0.1) is 31.9 Å². The van der Waals surface area contributed by atoms with Crippen LogP contribution in [0.5, 0.6) is 0 Å². The van der Waals surface area contributed by atoms with Crippen LogP contribution in [0.25, 0.3) is 24.2 Å². The molecule has 0 unspecified atom stereocenters. The van der Waals surface area contributed by atoms with E-state index in [1.165, 1.54) is 0 Å². The molecule has 38 heavy (non-hydrogen) atoms. The number of nitrogens with zero attached hydrogens (tertiary/aromatic N) is 4. The predicted molar refractivity (Wildman–Crippen MR) is 148 cm³/mol. The van der Waals surface area contributed by atoms with Crippen molar-refractivity contribution in [1.82, 2.24) is 0 Å². The molecule has 0 spiro atoms. The minimum atomic E-state index is 0.130. The lowest BCUT2D eigenvalue weighted by Crippen LogP contribution is -2.32. The van der Waals surface area contributed by atoms with Gasteiger partial charge >= 0.3 is 16.1 Å². The second-order valence-corrected chi connectivity index (χ2v) is 8.90. The van der Waals surface area contributed by atoms with Crippen molar-refractivity contribution in [3.05, 3.63) is 137 Å². The summed E-state index contributed by atoms with van der Waals surface area (Å²) in [5.41, 5.74) is 0. The Balaban J connectivity index is 2.05. The summed E-state index contributed by atoms with van der Waals surface area (Å²) in [6.07, 6.45) is 3.31. The molecule has 0 amide bonds. The Labute approximate surface area is 229 Å². The Hall–Kier alpha value is -4.13. The summed E-state index contributed by atoms with van der Waals surface area (Å²) in [6, 6.07) is 25.1. The first-order valence-electron chi connectivity index (χ1n) is 11.3. The van der Waals surface area contributed by atoms with E-state index in [1.54, 1.807) is 48.8 Å². The highest BCUT2D eigenvalue weighted by Gasteiger charge is 2.03. The third kappa shape index (κ3) is 5.57. The van der Waals surface area contributed by atoms with Crippen molar-refractivity contribution in [2.24, 2.45) is 20.0 Å². The summed E-state index contributed by atoms with van der Waals surface area (Å²) in [6.45, 7) is 0. The number of hydrogen-bond acceptors (Lipinski definition) is 6. The molecule has 1 heterocycles. The van der Waals surface area contributed by atoms with Crippen LogP contribution in [-0.4, -0.2) is 16.1 Å². The third-order valence-corrected chi connectivity index (χ3v) is 6.07. The van der Waals surface area contributed by atoms with Gasteiger partial charge in [-0.2, -0.15) is 0 Å². The molecule has 4 aromatic carbocycles. The summed E-state index contributed by atoms with van der Waals surface area (Å²) in [5.74, 6) is 0.259. The lowest BCUT2D eigenvalue weighted by atomic mass is 10.2. The zero-order valence-electron chi connectivity index (χ0n) is 19.8. The molecule has 5 rings (SSSR count). The van der Waals surface area contributed by atoms with Gasteiger partial charge in [0.1, 0.15) is 0 Å². The van der Waals surface area contributed by atoms with Gasteiger partial charge in [-0.25, -0.2) is 9.98 Å². The van der Waals surface area contributed by atoms with Crippen LogP contribution >= 0.6 is 23.2 Å². The zero-order chi connectivity index (χ0) is 26.5. The normalized spacial score (nSPS) is 12.8. The second-order valence-electron chi connectivity index (χ2n) is 8.03. The first-order valence-corrected chi connectivity index (χ1v) is 12.1. The van der Waals surface area contributed by atoms with Gasteiger partial charge in [0.2, 0.25) is 11.8 Å². The molecule has 1 aliphatic heterocycles. The van der Waals surface area contributed by atoms with Crippen LogP contribution in [0.3, 0.4) is 0 Å². The first-order chi connectivity index (χ1) is 18.6. The highest BCUT2D eigenvalue weighted by Crippen LogP contribution is 2.03. The van der Waals surface area contributed by atoms with Gasteiger partial charge in [-0.3, -0.25) is 9.98 Å². The monoisotopic (exact) mass is 532 g/mol. The van der Waals surface area contributed by atoms with Gasteiger partial charge in [0.15, 0.2) is 0 Å². The largest absolute Gasteiger partial charge is 0.554 e. The van der Waals surface area contributed by atoms with Crippen molar-refractivity contribution in [3.8, 4) is 0 Å². The van der Waals surface area contributed by atoms with E-state index in [2.05, 4.69) is 20.0 Å². The Morgan fingerprint density at radius 1 is 0.526 bits per heavy atom. The fourth-order valence-electron chi connectivity index (χ4n) is 3.78. The maximum atomic E-state index is 6.31. The van der Waals surface area contributed by atoms with Crippen molar-refractivity contribution < 1.29 is 9.31 Å². The van der Waals surface area contributed by atoms with Gasteiger partial charge < -0.3 is 9.31 Å². The molecule has 0 bridgehead atoms. The summed E-state index contributed by atoms with van der Waals surface area (Å²) in [5, 5.41) is 5.51. The lowest BCUT2D eigenvalue weighted by Gasteiger charge is -2.03. The minimum absolute atomic E-state index is 0.130. The Kier molecular flexibility index (Phi) is 7.73.